The molecule has 5 nitrogen and oxygen atoms in total. The van der Waals surface area contributed by atoms with Crippen molar-refractivity contribution in [2.24, 2.45) is 0 Å². The third-order valence-electron chi connectivity index (χ3n) is 5.39. The van der Waals surface area contributed by atoms with Crippen molar-refractivity contribution in [2.75, 3.05) is 13.8 Å². The molecule has 0 amide bonds. The Bertz CT molecular complexity index is 1190. The number of methoxy groups -OCH3 is 1. The standard InChI is InChI=1S/C25H20ClNO4/c1-29-19-7-5-16(6-8-19)13-27-14-21-22(30-15-27)10-9-20-24(28)23(31-25(20)21)12-17-3-2-4-18(26)11-17/h2-12H,13-15H2,1H3/b23-12-. The summed E-state index contributed by atoms with van der Waals surface area (Å²) in [4.78, 5) is 15.1. The first kappa shape index (κ1) is 19.7. The first-order chi connectivity index (χ1) is 15.1. The molecule has 0 bridgehead atoms. The van der Waals surface area contributed by atoms with E-state index >= 15 is 0 Å². The van der Waals surface area contributed by atoms with Crippen LogP contribution in [0.3, 0.4) is 0 Å². The van der Waals surface area contributed by atoms with Crippen LogP contribution in [0.2, 0.25) is 5.02 Å². The number of hydrogen-bond acceptors (Lipinski definition) is 5. The molecule has 0 saturated carbocycles. The van der Waals surface area contributed by atoms with Crippen LogP contribution in [-0.2, 0) is 13.1 Å². The van der Waals surface area contributed by atoms with Gasteiger partial charge in [0.15, 0.2) is 5.76 Å². The number of Topliss-reactive ketones (excluding diaryl/α,β-unsaturated/α-hetero) is 1. The fourth-order valence-corrected chi connectivity index (χ4v) is 4.04. The Hall–Kier alpha value is -3.28. The van der Waals surface area contributed by atoms with Gasteiger partial charge in [0.25, 0.3) is 0 Å². The molecule has 156 valence electrons. The van der Waals surface area contributed by atoms with Crippen LogP contribution in [0.15, 0.2) is 66.4 Å². The van der Waals surface area contributed by atoms with Gasteiger partial charge in [-0.3, -0.25) is 9.69 Å². The monoisotopic (exact) mass is 433 g/mol. The first-order valence-electron chi connectivity index (χ1n) is 9.94. The molecular formula is C25H20ClNO4. The zero-order chi connectivity index (χ0) is 21.4. The number of carbonyl (C=O) groups is 1. The van der Waals surface area contributed by atoms with E-state index in [0.717, 1.165) is 28.2 Å². The maximum Gasteiger partial charge on any atom is 0.231 e. The molecule has 0 atom stereocenters. The number of allylic oxidation sites excluding steroid dienone is 1. The third-order valence-corrected chi connectivity index (χ3v) is 5.63. The lowest BCUT2D eigenvalue weighted by molar-refractivity contribution is 0.0872. The van der Waals surface area contributed by atoms with Gasteiger partial charge in [-0.25, -0.2) is 0 Å². The van der Waals surface area contributed by atoms with Crippen LogP contribution in [0.25, 0.3) is 6.08 Å². The molecule has 3 aromatic carbocycles. The van der Waals surface area contributed by atoms with E-state index in [1.54, 1.807) is 31.4 Å². The second-order valence-electron chi connectivity index (χ2n) is 7.52. The smallest absolute Gasteiger partial charge is 0.231 e. The van der Waals surface area contributed by atoms with Gasteiger partial charge in [0, 0.05) is 18.1 Å². The Labute approximate surface area is 185 Å². The highest BCUT2D eigenvalue weighted by Crippen LogP contribution is 2.42. The Kier molecular flexibility index (Phi) is 5.14. The summed E-state index contributed by atoms with van der Waals surface area (Å²) in [7, 11) is 1.65. The molecule has 0 saturated heterocycles. The van der Waals surface area contributed by atoms with E-state index in [1.807, 2.05) is 42.5 Å². The van der Waals surface area contributed by atoms with Gasteiger partial charge in [-0.15, -0.1) is 0 Å². The number of ketones is 1. The quantitative estimate of drug-likeness (QED) is 0.521. The molecule has 31 heavy (non-hydrogen) atoms. The Morgan fingerprint density at radius 2 is 1.97 bits per heavy atom. The van der Waals surface area contributed by atoms with Crippen molar-refractivity contribution >= 4 is 23.5 Å². The SMILES string of the molecule is COc1ccc(CN2COc3ccc4c(c3C2)O/C(=C\c2cccc(Cl)c2)C4=O)cc1. The number of fused-ring (bicyclic) bond motifs is 3. The van der Waals surface area contributed by atoms with E-state index in [1.165, 1.54) is 0 Å². The maximum atomic E-state index is 12.9. The molecule has 0 unspecified atom stereocenters. The topological polar surface area (TPSA) is 48.0 Å². The molecule has 3 aromatic rings. The largest absolute Gasteiger partial charge is 0.497 e. The van der Waals surface area contributed by atoms with E-state index in [0.29, 0.717) is 36.2 Å². The highest BCUT2D eigenvalue weighted by molar-refractivity contribution is 6.30. The number of rotatable bonds is 4. The molecule has 5 rings (SSSR count). The van der Waals surface area contributed by atoms with Crippen LogP contribution >= 0.6 is 11.6 Å². The van der Waals surface area contributed by atoms with Crippen LogP contribution in [0.5, 0.6) is 17.2 Å². The number of benzene rings is 3. The van der Waals surface area contributed by atoms with Crippen molar-refractivity contribution in [3.8, 4) is 17.2 Å². The van der Waals surface area contributed by atoms with Crippen molar-refractivity contribution in [3.05, 3.63) is 93.7 Å². The summed E-state index contributed by atoms with van der Waals surface area (Å²) in [6.07, 6.45) is 1.72. The summed E-state index contributed by atoms with van der Waals surface area (Å²) in [5, 5.41) is 0.609. The Morgan fingerprint density at radius 3 is 2.74 bits per heavy atom. The van der Waals surface area contributed by atoms with Crippen molar-refractivity contribution in [2.45, 2.75) is 13.1 Å². The fraction of sp³-hybridized carbons (Fsp3) is 0.160. The molecule has 2 heterocycles. The van der Waals surface area contributed by atoms with E-state index in [4.69, 9.17) is 25.8 Å². The van der Waals surface area contributed by atoms with E-state index in [2.05, 4.69) is 4.90 Å². The third kappa shape index (κ3) is 3.90. The van der Waals surface area contributed by atoms with Gasteiger partial charge in [-0.05, 0) is 53.6 Å². The van der Waals surface area contributed by atoms with Crippen molar-refractivity contribution < 1.29 is 19.0 Å². The lowest BCUT2D eigenvalue weighted by Gasteiger charge is -2.29. The van der Waals surface area contributed by atoms with Crippen molar-refractivity contribution in [3.63, 3.8) is 0 Å². The number of nitrogens with zero attached hydrogens (tertiary/aromatic N) is 1. The van der Waals surface area contributed by atoms with Gasteiger partial charge in [0.05, 0.1) is 18.2 Å². The molecular weight excluding hydrogens is 414 g/mol. The van der Waals surface area contributed by atoms with Crippen LogP contribution < -0.4 is 14.2 Å². The first-order valence-corrected chi connectivity index (χ1v) is 10.3. The van der Waals surface area contributed by atoms with Crippen molar-refractivity contribution in [1.29, 1.82) is 0 Å². The average molecular weight is 434 g/mol. The van der Waals surface area contributed by atoms with Crippen molar-refractivity contribution in [1.82, 2.24) is 4.90 Å². The molecule has 0 N–H and O–H groups in total. The lowest BCUT2D eigenvalue weighted by Crippen LogP contribution is -2.31. The highest BCUT2D eigenvalue weighted by atomic mass is 35.5. The van der Waals surface area contributed by atoms with E-state index < -0.39 is 0 Å². The Morgan fingerprint density at radius 1 is 1.13 bits per heavy atom. The van der Waals surface area contributed by atoms with Crippen LogP contribution in [0, 0.1) is 0 Å². The van der Waals surface area contributed by atoms with Crippen LogP contribution in [0.1, 0.15) is 27.0 Å². The molecule has 2 aliphatic heterocycles. The molecule has 0 aromatic heterocycles. The summed E-state index contributed by atoms with van der Waals surface area (Å²) >= 11 is 6.07. The number of halogens is 1. The van der Waals surface area contributed by atoms with Gasteiger partial charge < -0.3 is 14.2 Å². The normalized spacial score (nSPS) is 16.5. The van der Waals surface area contributed by atoms with Gasteiger partial charge in [0.2, 0.25) is 5.78 Å². The minimum absolute atomic E-state index is 0.134. The van der Waals surface area contributed by atoms with Gasteiger partial charge in [0.1, 0.15) is 24.0 Å². The summed E-state index contributed by atoms with van der Waals surface area (Å²) in [5.41, 5.74) is 3.41. The maximum absolute atomic E-state index is 12.9. The molecule has 6 heteroatoms. The number of carbonyl (C=O) groups excluding carboxylic acids is 1. The van der Waals surface area contributed by atoms with Gasteiger partial charge in [-0.1, -0.05) is 35.9 Å². The van der Waals surface area contributed by atoms with Crippen LogP contribution in [0.4, 0.5) is 0 Å². The Balaban J connectivity index is 1.40. The van der Waals surface area contributed by atoms with E-state index in [-0.39, 0.29) is 11.5 Å². The second-order valence-corrected chi connectivity index (χ2v) is 7.96. The zero-order valence-corrected chi connectivity index (χ0v) is 17.7. The van der Waals surface area contributed by atoms with Gasteiger partial charge >= 0.3 is 0 Å². The molecule has 0 spiro atoms. The summed E-state index contributed by atoms with van der Waals surface area (Å²) in [6, 6.07) is 18.9. The highest BCUT2D eigenvalue weighted by Gasteiger charge is 2.33. The zero-order valence-electron chi connectivity index (χ0n) is 16.9. The number of ether oxygens (including phenoxy) is 3. The molecule has 0 aliphatic carbocycles. The summed E-state index contributed by atoms with van der Waals surface area (Å²) in [6.45, 7) is 1.81. The number of hydrogen-bond donors (Lipinski definition) is 0. The van der Waals surface area contributed by atoms with E-state index in [9.17, 15) is 4.79 Å². The molecule has 2 aliphatic rings. The molecule has 0 fully saturated rings. The minimum atomic E-state index is -0.134. The van der Waals surface area contributed by atoms with Crippen LogP contribution in [-0.4, -0.2) is 24.5 Å². The predicted octanol–water partition coefficient (Wildman–Crippen LogP) is 5.32. The lowest BCUT2D eigenvalue weighted by atomic mass is 10.0. The van der Waals surface area contributed by atoms with Gasteiger partial charge in [-0.2, -0.15) is 0 Å². The second kappa shape index (κ2) is 8.10. The summed E-state index contributed by atoms with van der Waals surface area (Å²) < 4.78 is 17.2. The average Bonchev–Trinajstić information content (AvgIpc) is 3.10. The minimum Gasteiger partial charge on any atom is -0.497 e. The molecule has 0 radical (unpaired) electrons. The predicted molar refractivity (Wildman–Crippen MR) is 119 cm³/mol. The fourth-order valence-electron chi connectivity index (χ4n) is 3.84. The summed E-state index contributed by atoms with van der Waals surface area (Å²) in [5.74, 6) is 2.31.